The van der Waals surface area contributed by atoms with Gasteiger partial charge in [-0.15, -0.1) is 0 Å². The molecule has 0 aliphatic heterocycles. The number of hydrogen-bond donors (Lipinski definition) is 9. The summed E-state index contributed by atoms with van der Waals surface area (Å²) in [6.07, 6.45) is 0. The molecular weight excluding hydrogens is 444 g/mol. The van der Waals surface area contributed by atoms with Crippen molar-refractivity contribution in [3.63, 3.8) is 0 Å². The Morgan fingerprint density at radius 2 is 0.515 bits per heavy atom. The minimum Gasteiger partial charge on any atom is -0.508 e. The van der Waals surface area contributed by atoms with Crippen molar-refractivity contribution in [2.45, 2.75) is 0 Å². The summed E-state index contributed by atoms with van der Waals surface area (Å²) in [5.41, 5.74) is -0.410. The largest absolute Gasteiger partial charge is 0.508 e. The second-order valence-electron chi connectivity index (χ2n) is 6.13. The molecule has 0 aliphatic carbocycles. The standard InChI is InChI=1S/3C7H6O4/c3*8-5-1-4(7(10)11)2-6(9)3-5/h3*1-3,8-9H,(H,10,11). The van der Waals surface area contributed by atoms with Crippen LogP contribution in [0.15, 0.2) is 54.6 Å². The van der Waals surface area contributed by atoms with Gasteiger partial charge >= 0.3 is 17.9 Å². The number of aromatic carboxylic acids is 3. The van der Waals surface area contributed by atoms with E-state index in [1.54, 1.807) is 0 Å². The van der Waals surface area contributed by atoms with E-state index >= 15 is 0 Å². The normalized spacial score (nSPS) is 9.45. The summed E-state index contributed by atoms with van der Waals surface area (Å²) in [5.74, 6) is -5.12. The van der Waals surface area contributed by atoms with Crippen LogP contribution in [0.5, 0.6) is 34.5 Å². The number of carbonyl (C=O) groups is 3. The number of phenols is 6. The van der Waals surface area contributed by atoms with Crippen molar-refractivity contribution in [1.82, 2.24) is 0 Å². The van der Waals surface area contributed by atoms with E-state index < -0.39 is 17.9 Å². The topological polar surface area (TPSA) is 233 Å². The Bertz CT molecular complexity index is 963. The molecule has 0 aromatic heterocycles. The highest BCUT2D eigenvalue weighted by Crippen LogP contribution is 2.21. The number of phenolic OH excluding ortho intramolecular Hbond substituents is 6. The lowest BCUT2D eigenvalue weighted by Crippen LogP contribution is -1.94. The van der Waals surface area contributed by atoms with Gasteiger partial charge in [-0.25, -0.2) is 14.4 Å². The van der Waals surface area contributed by atoms with Gasteiger partial charge in [0.25, 0.3) is 0 Å². The maximum atomic E-state index is 10.3. The second-order valence-corrected chi connectivity index (χ2v) is 6.13. The summed E-state index contributed by atoms with van der Waals surface area (Å²) in [5, 5.41) is 78.2. The Balaban J connectivity index is 0.000000247. The van der Waals surface area contributed by atoms with E-state index in [0.29, 0.717) is 0 Å². The fourth-order valence-corrected chi connectivity index (χ4v) is 2.16. The predicted octanol–water partition coefficient (Wildman–Crippen LogP) is 2.39. The minimum atomic E-state index is -1.18. The first-order valence-corrected chi connectivity index (χ1v) is 8.57. The van der Waals surface area contributed by atoms with Crippen LogP contribution in [0.4, 0.5) is 0 Å². The highest BCUT2D eigenvalue weighted by atomic mass is 16.4. The van der Waals surface area contributed by atoms with Crippen molar-refractivity contribution in [2.24, 2.45) is 0 Å². The molecule has 12 nitrogen and oxygen atoms in total. The molecular formula is C21H18O12. The molecule has 0 amide bonds. The summed E-state index contributed by atoms with van der Waals surface area (Å²) in [7, 11) is 0. The number of hydrogen-bond acceptors (Lipinski definition) is 9. The zero-order valence-electron chi connectivity index (χ0n) is 16.4. The molecule has 3 rings (SSSR count). The number of aromatic hydroxyl groups is 6. The zero-order valence-corrected chi connectivity index (χ0v) is 16.4. The minimum absolute atomic E-state index is 0.137. The van der Waals surface area contributed by atoms with E-state index in [9.17, 15) is 14.4 Å². The van der Waals surface area contributed by atoms with E-state index in [2.05, 4.69) is 0 Å². The summed E-state index contributed by atoms with van der Waals surface area (Å²) >= 11 is 0. The van der Waals surface area contributed by atoms with Crippen LogP contribution >= 0.6 is 0 Å². The third-order valence-electron chi connectivity index (χ3n) is 3.45. The zero-order chi connectivity index (χ0) is 25.3. The van der Waals surface area contributed by atoms with Gasteiger partial charge in [-0.2, -0.15) is 0 Å². The summed E-state index contributed by atoms with van der Waals surface area (Å²) in [6, 6.07) is 9.53. The quantitative estimate of drug-likeness (QED) is 0.273. The van der Waals surface area contributed by atoms with Gasteiger partial charge in [-0.3, -0.25) is 0 Å². The van der Waals surface area contributed by atoms with Crippen molar-refractivity contribution < 1.29 is 60.3 Å². The third-order valence-corrected chi connectivity index (χ3v) is 3.45. The first-order valence-electron chi connectivity index (χ1n) is 8.57. The molecule has 3 aromatic rings. The number of rotatable bonds is 3. The van der Waals surface area contributed by atoms with Gasteiger partial charge in [-0.05, 0) is 36.4 Å². The predicted molar refractivity (Wildman–Crippen MR) is 110 cm³/mol. The molecule has 0 heterocycles. The van der Waals surface area contributed by atoms with Gasteiger partial charge < -0.3 is 46.0 Å². The smallest absolute Gasteiger partial charge is 0.335 e. The molecule has 0 radical (unpaired) electrons. The Morgan fingerprint density at radius 3 is 0.636 bits per heavy atom. The van der Waals surface area contributed by atoms with Crippen molar-refractivity contribution in [3.05, 3.63) is 71.3 Å². The highest BCUT2D eigenvalue weighted by molar-refractivity contribution is 5.89. The van der Waals surface area contributed by atoms with Crippen LogP contribution in [0.2, 0.25) is 0 Å². The first kappa shape index (κ1) is 25.9. The molecule has 0 saturated heterocycles. The molecule has 0 saturated carbocycles. The molecule has 33 heavy (non-hydrogen) atoms. The van der Waals surface area contributed by atoms with Gasteiger partial charge in [0.05, 0.1) is 16.7 Å². The molecule has 3 aromatic carbocycles. The average molecular weight is 462 g/mol. The van der Waals surface area contributed by atoms with E-state index in [-0.39, 0.29) is 51.2 Å². The fourth-order valence-electron chi connectivity index (χ4n) is 2.16. The van der Waals surface area contributed by atoms with E-state index in [1.807, 2.05) is 0 Å². The van der Waals surface area contributed by atoms with Crippen molar-refractivity contribution in [3.8, 4) is 34.5 Å². The lowest BCUT2D eigenvalue weighted by molar-refractivity contribution is 0.0685. The summed E-state index contributed by atoms with van der Waals surface area (Å²) in [4.78, 5) is 30.8. The van der Waals surface area contributed by atoms with E-state index in [4.69, 9.17) is 46.0 Å². The SMILES string of the molecule is O=C(O)c1cc(O)cc(O)c1.O=C(O)c1cc(O)cc(O)c1.O=C(O)c1cc(O)cc(O)c1. The van der Waals surface area contributed by atoms with Crippen LogP contribution in [-0.4, -0.2) is 63.9 Å². The van der Waals surface area contributed by atoms with Crippen molar-refractivity contribution >= 4 is 17.9 Å². The molecule has 0 fully saturated rings. The van der Waals surface area contributed by atoms with Crippen molar-refractivity contribution in [2.75, 3.05) is 0 Å². The van der Waals surface area contributed by atoms with Crippen LogP contribution < -0.4 is 0 Å². The van der Waals surface area contributed by atoms with Crippen LogP contribution in [-0.2, 0) is 0 Å². The molecule has 0 unspecified atom stereocenters. The molecule has 174 valence electrons. The molecule has 0 atom stereocenters. The lowest BCUT2D eigenvalue weighted by atomic mass is 10.2. The van der Waals surface area contributed by atoms with Gasteiger partial charge in [0.15, 0.2) is 0 Å². The number of benzene rings is 3. The third kappa shape index (κ3) is 9.04. The lowest BCUT2D eigenvalue weighted by Gasteiger charge is -1.96. The van der Waals surface area contributed by atoms with Gasteiger partial charge in [0.1, 0.15) is 34.5 Å². The average Bonchev–Trinajstić information content (AvgIpc) is 2.66. The maximum absolute atomic E-state index is 10.3. The summed E-state index contributed by atoms with van der Waals surface area (Å²) < 4.78 is 0. The molecule has 0 bridgehead atoms. The van der Waals surface area contributed by atoms with Gasteiger partial charge in [0.2, 0.25) is 0 Å². The molecule has 9 N–H and O–H groups in total. The molecule has 12 heteroatoms. The van der Waals surface area contributed by atoms with Crippen LogP contribution in [0.3, 0.4) is 0 Å². The number of carboxylic acid groups (broad SMARTS) is 3. The Hall–Kier alpha value is -5.13. The van der Waals surface area contributed by atoms with Crippen molar-refractivity contribution in [1.29, 1.82) is 0 Å². The maximum Gasteiger partial charge on any atom is 0.335 e. The number of carboxylic acids is 3. The van der Waals surface area contributed by atoms with Crippen LogP contribution in [0.25, 0.3) is 0 Å². The second kappa shape index (κ2) is 11.3. The summed E-state index contributed by atoms with van der Waals surface area (Å²) in [6.45, 7) is 0. The Morgan fingerprint density at radius 1 is 0.364 bits per heavy atom. The monoisotopic (exact) mass is 462 g/mol. The van der Waals surface area contributed by atoms with Gasteiger partial charge in [-0.1, -0.05) is 0 Å². The van der Waals surface area contributed by atoms with Crippen LogP contribution in [0.1, 0.15) is 31.1 Å². The Kier molecular flexibility index (Phi) is 8.88. The Labute approximate surface area is 184 Å². The van der Waals surface area contributed by atoms with E-state index in [0.717, 1.165) is 54.6 Å². The van der Waals surface area contributed by atoms with E-state index in [1.165, 1.54) is 0 Å². The van der Waals surface area contributed by atoms with Gasteiger partial charge in [0, 0.05) is 18.2 Å². The molecule has 0 aliphatic rings. The van der Waals surface area contributed by atoms with Crippen LogP contribution in [0, 0.1) is 0 Å². The highest BCUT2D eigenvalue weighted by Gasteiger charge is 2.06. The molecule has 0 spiro atoms. The first-order chi connectivity index (χ1) is 15.3. The fraction of sp³-hybridized carbons (Fsp3) is 0.